The number of carbonyl (C=O) groups is 1. The Bertz CT molecular complexity index is 700. The van der Waals surface area contributed by atoms with E-state index in [9.17, 15) is 4.79 Å². The number of nitrogens with zero attached hydrogens (tertiary/aromatic N) is 4. The monoisotopic (exact) mass is 320 g/mol. The van der Waals surface area contributed by atoms with E-state index < -0.39 is 6.04 Å². The molecule has 0 aromatic carbocycles. The summed E-state index contributed by atoms with van der Waals surface area (Å²) in [6.45, 7) is 8.92. The molecule has 124 valence electrons. The van der Waals surface area contributed by atoms with E-state index in [0.717, 1.165) is 0 Å². The molecule has 1 atom stereocenters. The maximum absolute atomic E-state index is 12.8. The Labute approximate surface area is 133 Å². The van der Waals surface area contributed by atoms with Crippen LogP contribution in [0.2, 0.25) is 0 Å². The van der Waals surface area contributed by atoms with Gasteiger partial charge in [0.15, 0.2) is 5.69 Å². The van der Waals surface area contributed by atoms with Crippen molar-refractivity contribution in [1.29, 1.82) is 0 Å². The van der Waals surface area contributed by atoms with Gasteiger partial charge in [-0.2, -0.15) is 0 Å². The summed E-state index contributed by atoms with van der Waals surface area (Å²) in [5.41, 5.74) is 0.0672. The number of ether oxygens (including phenoxy) is 1. The molecule has 1 aliphatic heterocycles. The number of morpholine rings is 1. The van der Waals surface area contributed by atoms with E-state index in [4.69, 9.17) is 13.7 Å². The third-order valence-corrected chi connectivity index (χ3v) is 3.68. The summed E-state index contributed by atoms with van der Waals surface area (Å²) < 4.78 is 16.2. The Balaban J connectivity index is 1.85. The van der Waals surface area contributed by atoms with Crippen LogP contribution in [0.15, 0.2) is 15.0 Å². The highest BCUT2D eigenvalue weighted by Crippen LogP contribution is 2.27. The van der Waals surface area contributed by atoms with Crippen molar-refractivity contribution in [1.82, 2.24) is 20.3 Å². The van der Waals surface area contributed by atoms with Crippen molar-refractivity contribution in [2.45, 2.75) is 39.2 Å². The fraction of sp³-hybridized carbons (Fsp3) is 0.600. The number of carbonyl (C=O) groups excluding carboxylic acids is 1. The topological polar surface area (TPSA) is 94.5 Å². The standard InChI is InChI=1S/C15H20N4O4/c1-9-16-17-13(22-9)11-8-21-6-5-19(11)14(20)10-7-12(23-18-10)15(2,3)4/h7,11H,5-6,8H2,1-4H3/t11-/m0/s1. The fourth-order valence-electron chi connectivity index (χ4n) is 2.37. The SMILES string of the molecule is Cc1nnc([C@@H]2COCCN2C(=O)c2cc(C(C)(C)C)on2)o1. The lowest BCUT2D eigenvalue weighted by atomic mass is 9.93. The Morgan fingerprint density at radius 3 is 2.74 bits per heavy atom. The second kappa shape index (κ2) is 5.77. The minimum absolute atomic E-state index is 0.209. The molecule has 0 bridgehead atoms. The number of amides is 1. The Hall–Kier alpha value is -2.22. The number of hydrogen-bond acceptors (Lipinski definition) is 7. The van der Waals surface area contributed by atoms with Crippen LogP contribution in [-0.4, -0.2) is 45.9 Å². The number of hydrogen-bond donors (Lipinski definition) is 0. The summed E-state index contributed by atoms with van der Waals surface area (Å²) in [4.78, 5) is 14.4. The molecular formula is C15H20N4O4. The first kappa shape index (κ1) is 15.7. The summed E-state index contributed by atoms with van der Waals surface area (Å²) in [6.07, 6.45) is 0. The predicted octanol–water partition coefficient (Wildman–Crippen LogP) is 1.88. The smallest absolute Gasteiger partial charge is 0.276 e. The van der Waals surface area contributed by atoms with E-state index in [1.165, 1.54) is 0 Å². The van der Waals surface area contributed by atoms with E-state index in [-0.39, 0.29) is 17.0 Å². The maximum Gasteiger partial charge on any atom is 0.276 e. The van der Waals surface area contributed by atoms with Crippen LogP contribution in [0.4, 0.5) is 0 Å². The van der Waals surface area contributed by atoms with E-state index in [0.29, 0.717) is 37.3 Å². The first-order valence-electron chi connectivity index (χ1n) is 7.52. The van der Waals surface area contributed by atoms with Gasteiger partial charge in [-0.3, -0.25) is 4.79 Å². The van der Waals surface area contributed by atoms with Crippen molar-refractivity contribution in [2.24, 2.45) is 0 Å². The van der Waals surface area contributed by atoms with Gasteiger partial charge in [0.1, 0.15) is 11.8 Å². The van der Waals surface area contributed by atoms with Gasteiger partial charge in [-0.15, -0.1) is 10.2 Å². The Kier molecular flexibility index (Phi) is 3.93. The quantitative estimate of drug-likeness (QED) is 0.833. The molecule has 0 aliphatic carbocycles. The van der Waals surface area contributed by atoms with Crippen LogP contribution >= 0.6 is 0 Å². The number of aryl methyl sites for hydroxylation is 1. The molecule has 0 radical (unpaired) electrons. The van der Waals surface area contributed by atoms with Crippen LogP contribution < -0.4 is 0 Å². The van der Waals surface area contributed by atoms with Gasteiger partial charge in [0.25, 0.3) is 5.91 Å². The molecular weight excluding hydrogens is 300 g/mol. The fourth-order valence-corrected chi connectivity index (χ4v) is 2.37. The molecule has 0 N–H and O–H groups in total. The molecule has 8 heteroatoms. The molecule has 1 amide bonds. The average Bonchev–Trinajstić information content (AvgIpc) is 3.15. The number of aromatic nitrogens is 3. The zero-order valence-electron chi connectivity index (χ0n) is 13.7. The second-order valence-corrected chi connectivity index (χ2v) is 6.57. The van der Waals surface area contributed by atoms with Crippen LogP contribution in [0.3, 0.4) is 0 Å². The first-order chi connectivity index (χ1) is 10.9. The second-order valence-electron chi connectivity index (χ2n) is 6.57. The van der Waals surface area contributed by atoms with Crippen molar-refractivity contribution >= 4 is 5.91 Å². The molecule has 1 saturated heterocycles. The number of rotatable bonds is 2. The summed E-state index contributed by atoms with van der Waals surface area (Å²) in [7, 11) is 0. The average molecular weight is 320 g/mol. The molecule has 1 aliphatic rings. The molecule has 3 rings (SSSR count). The molecule has 0 saturated carbocycles. The molecule has 2 aromatic heterocycles. The summed E-state index contributed by atoms with van der Waals surface area (Å²) in [5.74, 6) is 1.26. The highest BCUT2D eigenvalue weighted by Gasteiger charge is 2.35. The van der Waals surface area contributed by atoms with Gasteiger partial charge in [-0.1, -0.05) is 25.9 Å². The van der Waals surface area contributed by atoms with E-state index in [2.05, 4.69) is 15.4 Å². The lowest BCUT2D eigenvalue weighted by molar-refractivity contribution is -0.0111. The zero-order valence-corrected chi connectivity index (χ0v) is 13.7. The van der Waals surface area contributed by atoms with E-state index in [1.54, 1.807) is 17.9 Å². The van der Waals surface area contributed by atoms with Crippen molar-refractivity contribution in [2.75, 3.05) is 19.8 Å². The van der Waals surface area contributed by atoms with Crippen LogP contribution in [-0.2, 0) is 10.2 Å². The summed E-state index contributed by atoms with van der Waals surface area (Å²) in [5, 5.41) is 11.7. The van der Waals surface area contributed by atoms with Crippen molar-refractivity contribution in [3.05, 3.63) is 29.3 Å². The molecule has 23 heavy (non-hydrogen) atoms. The third kappa shape index (κ3) is 3.12. The van der Waals surface area contributed by atoms with Crippen molar-refractivity contribution < 1.29 is 18.5 Å². The van der Waals surface area contributed by atoms with Gasteiger partial charge in [-0.05, 0) is 0 Å². The van der Waals surface area contributed by atoms with Gasteiger partial charge in [0, 0.05) is 24.9 Å². The minimum atomic E-state index is -0.410. The van der Waals surface area contributed by atoms with Crippen LogP contribution in [0.1, 0.15) is 54.8 Å². The predicted molar refractivity (Wildman–Crippen MR) is 78.8 cm³/mol. The Morgan fingerprint density at radius 1 is 1.35 bits per heavy atom. The summed E-state index contributed by atoms with van der Waals surface area (Å²) in [6, 6.07) is 1.28. The lowest BCUT2D eigenvalue weighted by Crippen LogP contribution is -2.43. The molecule has 0 spiro atoms. The highest BCUT2D eigenvalue weighted by molar-refractivity contribution is 5.92. The van der Waals surface area contributed by atoms with E-state index in [1.807, 2.05) is 20.8 Å². The van der Waals surface area contributed by atoms with Gasteiger partial charge in [0.2, 0.25) is 11.8 Å². The van der Waals surface area contributed by atoms with Gasteiger partial charge >= 0.3 is 0 Å². The molecule has 3 heterocycles. The Morgan fingerprint density at radius 2 is 2.13 bits per heavy atom. The molecule has 8 nitrogen and oxygen atoms in total. The molecule has 1 fully saturated rings. The molecule has 2 aromatic rings. The lowest BCUT2D eigenvalue weighted by Gasteiger charge is -2.32. The normalized spacial score (nSPS) is 19.1. The highest BCUT2D eigenvalue weighted by atomic mass is 16.5. The van der Waals surface area contributed by atoms with Crippen LogP contribution in [0.25, 0.3) is 0 Å². The van der Waals surface area contributed by atoms with E-state index >= 15 is 0 Å². The van der Waals surface area contributed by atoms with Crippen LogP contribution in [0.5, 0.6) is 0 Å². The van der Waals surface area contributed by atoms with Gasteiger partial charge in [0.05, 0.1) is 13.2 Å². The third-order valence-electron chi connectivity index (χ3n) is 3.68. The largest absolute Gasteiger partial charge is 0.423 e. The first-order valence-corrected chi connectivity index (χ1v) is 7.52. The minimum Gasteiger partial charge on any atom is -0.423 e. The van der Waals surface area contributed by atoms with Gasteiger partial charge < -0.3 is 18.6 Å². The van der Waals surface area contributed by atoms with Crippen molar-refractivity contribution in [3.63, 3.8) is 0 Å². The molecule has 0 unspecified atom stereocenters. The summed E-state index contributed by atoms with van der Waals surface area (Å²) >= 11 is 0. The maximum atomic E-state index is 12.8. The van der Waals surface area contributed by atoms with Gasteiger partial charge in [-0.25, -0.2) is 0 Å². The zero-order chi connectivity index (χ0) is 16.6. The van der Waals surface area contributed by atoms with Crippen molar-refractivity contribution in [3.8, 4) is 0 Å². The van der Waals surface area contributed by atoms with Crippen LogP contribution in [0, 0.1) is 6.92 Å².